The molecule has 0 rings (SSSR count). The molecule has 0 heterocycles. The first kappa shape index (κ1) is 8.69. The van der Waals surface area contributed by atoms with Gasteiger partial charge < -0.3 is 5.32 Å². The van der Waals surface area contributed by atoms with Gasteiger partial charge in [0.15, 0.2) is 0 Å². The largest absolute Gasteiger partial charge is 0.333 e. The molecule has 0 saturated carbocycles. The standard InChI is InChI=1S/C8H11NO/c1-3-4-5-6-8(2)9-7-10/h3-7H,1H2,2H3,(H,9,10). The number of carbonyl (C=O) groups is 1. The van der Waals surface area contributed by atoms with Gasteiger partial charge in [-0.05, 0) is 13.0 Å². The van der Waals surface area contributed by atoms with Crippen molar-refractivity contribution in [1.29, 1.82) is 0 Å². The number of rotatable bonds is 4. The van der Waals surface area contributed by atoms with Gasteiger partial charge in [-0.15, -0.1) is 0 Å². The van der Waals surface area contributed by atoms with Crippen molar-refractivity contribution in [1.82, 2.24) is 5.32 Å². The molecular weight excluding hydrogens is 126 g/mol. The maximum Gasteiger partial charge on any atom is 0.211 e. The van der Waals surface area contributed by atoms with Crippen LogP contribution < -0.4 is 5.32 Å². The lowest BCUT2D eigenvalue weighted by Gasteiger charge is -1.91. The lowest BCUT2D eigenvalue weighted by Crippen LogP contribution is -2.05. The molecule has 0 aromatic carbocycles. The summed E-state index contributed by atoms with van der Waals surface area (Å²) in [7, 11) is 0. The normalized spacial score (nSPS) is 11.5. The van der Waals surface area contributed by atoms with E-state index in [1.807, 2.05) is 6.92 Å². The number of allylic oxidation sites excluding steroid dienone is 5. The van der Waals surface area contributed by atoms with E-state index < -0.39 is 0 Å². The van der Waals surface area contributed by atoms with E-state index >= 15 is 0 Å². The fourth-order valence-corrected chi connectivity index (χ4v) is 0.420. The molecule has 0 aromatic heterocycles. The van der Waals surface area contributed by atoms with Crippen LogP contribution in [0.5, 0.6) is 0 Å². The zero-order chi connectivity index (χ0) is 7.82. The maximum absolute atomic E-state index is 9.85. The lowest BCUT2D eigenvalue weighted by molar-refractivity contribution is -0.108. The second kappa shape index (κ2) is 5.82. The molecule has 0 aliphatic carbocycles. The van der Waals surface area contributed by atoms with E-state index in [0.717, 1.165) is 5.70 Å². The average molecular weight is 137 g/mol. The van der Waals surface area contributed by atoms with Crippen LogP contribution in [-0.4, -0.2) is 6.41 Å². The minimum absolute atomic E-state index is 0.646. The highest BCUT2D eigenvalue weighted by molar-refractivity contribution is 5.49. The van der Waals surface area contributed by atoms with Gasteiger partial charge >= 0.3 is 0 Å². The maximum atomic E-state index is 9.85. The van der Waals surface area contributed by atoms with E-state index in [2.05, 4.69) is 11.9 Å². The van der Waals surface area contributed by atoms with E-state index in [0.29, 0.717) is 6.41 Å². The summed E-state index contributed by atoms with van der Waals surface area (Å²) in [4.78, 5) is 9.85. The number of hydrogen-bond donors (Lipinski definition) is 1. The number of nitrogens with one attached hydrogen (secondary N) is 1. The van der Waals surface area contributed by atoms with Crippen LogP contribution in [0.3, 0.4) is 0 Å². The van der Waals surface area contributed by atoms with Crippen molar-refractivity contribution in [2.75, 3.05) is 0 Å². The van der Waals surface area contributed by atoms with E-state index in [-0.39, 0.29) is 0 Å². The summed E-state index contributed by atoms with van der Waals surface area (Å²) in [6.45, 7) is 5.30. The summed E-state index contributed by atoms with van der Waals surface area (Å²) in [5, 5.41) is 2.50. The minimum Gasteiger partial charge on any atom is -0.333 e. The molecule has 0 unspecified atom stereocenters. The predicted molar refractivity (Wildman–Crippen MR) is 42.3 cm³/mol. The Balaban J connectivity index is 3.77. The predicted octanol–water partition coefficient (Wildman–Crippen LogP) is 1.38. The second-order valence-corrected chi connectivity index (χ2v) is 1.73. The molecule has 2 heteroatoms. The first-order valence-corrected chi connectivity index (χ1v) is 2.97. The van der Waals surface area contributed by atoms with Gasteiger partial charge in [0.2, 0.25) is 6.41 Å². The summed E-state index contributed by atoms with van der Waals surface area (Å²) in [6.07, 6.45) is 7.70. The highest BCUT2D eigenvalue weighted by Crippen LogP contribution is 1.85. The van der Waals surface area contributed by atoms with Crippen LogP contribution >= 0.6 is 0 Å². The number of carbonyl (C=O) groups excluding carboxylic acids is 1. The molecule has 0 aromatic rings. The third kappa shape index (κ3) is 4.84. The smallest absolute Gasteiger partial charge is 0.211 e. The van der Waals surface area contributed by atoms with Crippen LogP contribution in [0, 0.1) is 0 Å². The fraction of sp³-hybridized carbons (Fsp3) is 0.125. The molecule has 1 N–H and O–H groups in total. The Morgan fingerprint density at radius 2 is 2.20 bits per heavy atom. The first-order valence-electron chi connectivity index (χ1n) is 2.97. The van der Waals surface area contributed by atoms with E-state index in [4.69, 9.17) is 0 Å². The molecule has 0 atom stereocenters. The van der Waals surface area contributed by atoms with Crippen LogP contribution in [0.25, 0.3) is 0 Å². The Morgan fingerprint density at radius 1 is 1.50 bits per heavy atom. The Kier molecular flexibility index (Phi) is 5.06. The number of hydrogen-bond acceptors (Lipinski definition) is 1. The van der Waals surface area contributed by atoms with Crippen LogP contribution in [0.1, 0.15) is 6.92 Å². The average Bonchev–Trinajstić information content (AvgIpc) is 1.89. The quantitative estimate of drug-likeness (QED) is 0.460. The van der Waals surface area contributed by atoms with Crippen molar-refractivity contribution in [2.24, 2.45) is 0 Å². The molecular formula is C8H11NO. The molecule has 10 heavy (non-hydrogen) atoms. The summed E-state index contributed by atoms with van der Waals surface area (Å²) in [5.74, 6) is 0. The fourth-order valence-electron chi connectivity index (χ4n) is 0.420. The molecule has 0 aliphatic rings. The van der Waals surface area contributed by atoms with Gasteiger partial charge in [-0.3, -0.25) is 4.79 Å². The third-order valence-electron chi connectivity index (χ3n) is 0.880. The van der Waals surface area contributed by atoms with Crippen molar-refractivity contribution in [3.05, 3.63) is 36.6 Å². The van der Waals surface area contributed by atoms with Gasteiger partial charge in [0, 0.05) is 5.70 Å². The molecule has 0 spiro atoms. The molecule has 0 fully saturated rings. The van der Waals surface area contributed by atoms with E-state index in [1.165, 1.54) is 0 Å². The summed E-state index contributed by atoms with van der Waals surface area (Å²) >= 11 is 0. The van der Waals surface area contributed by atoms with Gasteiger partial charge in [-0.1, -0.05) is 24.8 Å². The topological polar surface area (TPSA) is 29.1 Å². The second-order valence-electron chi connectivity index (χ2n) is 1.73. The van der Waals surface area contributed by atoms with E-state index in [1.54, 1.807) is 24.3 Å². The Bertz CT molecular complexity index is 168. The van der Waals surface area contributed by atoms with Crippen molar-refractivity contribution in [2.45, 2.75) is 6.92 Å². The minimum atomic E-state index is 0.646. The van der Waals surface area contributed by atoms with Gasteiger partial charge in [0.1, 0.15) is 0 Å². The number of amides is 1. The molecule has 1 amide bonds. The summed E-state index contributed by atoms with van der Waals surface area (Å²) in [6, 6.07) is 0. The van der Waals surface area contributed by atoms with E-state index in [9.17, 15) is 4.79 Å². The van der Waals surface area contributed by atoms with Gasteiger partial charge in [-0.25, -0.2) is 0 Å². The monoisotopic (exact) mass is 137 g/mol. The van der Waals surface area contributed by atoms with Crippen molar-refractivity contribution in [3.63, 3.8) is 0 Å². The Morgan fingerprint density at radius 3 is 2.70 bits per heavy atom. The van der Waals surface area contributed by atoms with Gasteiger partial charge in [0.25, 0.3) is 0 Å². The zero-order valence-corrected chi connectivity index (χ0v) is 6.00. The highest BCUT2D eigenvalue weighted by Gasteiger charge is 1.77. The Labute approximate surface area is 60.9 Å². The highest BCUT2D eigenvalue weighted by atomic mass is 16.1. The van der Waals surface area contributed by atoms with Crippen molar-refractivity contribution in [3.8, 4) is 0 Å². The zero-order valence-electron chi connectivity index (χ0n) is 6.00. The van der Waals surface area contributed by atoms with Crippen LogP contribution in [0.15, 0.2) is 36.6 Å². The Hall–Kier alpha value is -1.31. The van der Waals surface area contributed by atoms with Crippen molar-refractivity contribution < 1.29 is 4.79 Å². The van der Waals surface area contributed by atoms with Gasteiger partial charge in [-0.2, -0.15) is 0 Å². The van der Waals surface area contributed by atoms with Gasteiger partial charge in [0.05, 0.1) is 0 Å². The molecule has 2 nitrogen and oxygen atoms in total. The third-order valence-corrected chi connectivity index (χ3v) is 0.880. The van der Waals surface area contributed by atoms with Crippen LogP contribution in [0.2, 0.25) is 0 Å². The SMILES string of the molecule is C=CC=CC=C(C)NC=O. The molecule has 54 valence electrons. The molecule has 0 radical (unpaired) electrons. The first-order chi connectivity index (χ1) is 4.81. The molecule has 0 saturated heterocycles. The summed E-state index contributed by atoms with van der Waals surface area (Å²) < 4.78 is 0. The van der Waals surface area contributed by atoms with Crippen molar-refractivity contribution >= 4 is 6.41 Å². The molecule has 0 aliphatic heterocycles. The molecule has 0 bridgehead atoms. The summed E-state index contributed by atoms with van der Waals surface area (Å²) in [5.41, 5.74) is 0.813. The lowest BCUT2D eigenvalue weighted by atomic mass is 10.4. The van der Waals surface area contributed by atoms with Crippen LogP contribution in [-0.2, 0) is 4.79 Å². The van der Waals surface area contributed by atoms with Crippen LogP contribution in [0.4, 0.5) is 0 Å².